The highest BCUT2D eigenvalue weighted by Gasteiger charge is 2.26. The Labute approximate surface area is 103 Å². The number of likely N-dealkylation sites (tertiary alicyclic amines) is 1. The molecule has 1 amide bonds. The van der Waals surface area contributed by atoms with Gasteiger partial charge in [-0.05, 0) is 25.9 Å². The maximum Gasteiger partial charge on any atom is 0.320 e. The largest absolute Gasteiger partial charge is 0.468 e. The molecule has 5 nitrogen and oxygen atoms in total. The van der Waals surface area contributed by atoms with Crippen molar-refractivity contribution in [2.45, 2.75) is 17.7 Å². The Hall–Kier alpha value is -0.620. The lowest BCUT2D eigenvalue weighted by Crippen LogP contribution is -2.42. The first kappa shape index (κ1) is 13.4. The second kappa shape index (κ2) is 6.20. The van der Waals surface area contributed by atoms with E-state index in [1.165, 1.54) is 7.11 Å². The Bertz CT molecular complexity index is 265. The summed E-state index contributed by atoms with van der Waals surface area (Å²) in [6.45, 7) is 2.21. The summed E-state index contributed by atoms with van der Waals surface area (Å²) in [5, 5.41) is 0. The second-order valence-electron chi connectivity index (χ2n) is 3.97. The topological polar surface area (TPSA) is 72.6 Å². The van der Waals surface area contributed by atoms with Crippen molar-refractivity contribution in [1.29, 1.82) is 0 Å². The van der Waals surface area contributed by atoms with Crippen molar-refractivity contribution in [3.63, 3.8) is 0 Å². The maximum absolute atomic E-state index is 11.2. The van der Waals surface area contributed by atoms with E-state index in [9.17, 15) is 9.59 Å². The fourth-order valence-corrected chi connectivity index (χ4v) is 2.43. The van der Waals surface area contributed by atoms with E-state index in [0.29, 0.717) is 6.54 Å². The number of amides is 1. The number of halogens is 1. The molecule has 0 radical (unpaired) electrons. The molecule has 0 saturated carbocycles. The van der Waals surface area contributed by atoms with Crippen LogP contribution in [0.25, 0.3) is 0 Å². The molecule has 0 aliphatic carbocycles. The van der Waals surface area contributed by atoms with E-state index in [1.54, 1.807) is 0 Å². The van der Waals surface area contributed by atoms with Crippen molar-refractivity contribution in [1.82, 2.24) is 4.90 Å². The summed E-state index contributed by atoms with van der Waals surface area (Å²) in [5.74, 6) is -0.497. The first-order chi connectivity index (χ1) is 7.54. The molecule has 1 aliphatic rings. The fourth-order valence-electron chi connectivity index (χ4n) is 1.83. The number of methoxy groups -OCH3 is 1. The first-order valence-electron chi connectivity index (χ1n) is 5.28. The molecule has 1 atom stereocenters. The zero-order valence-electron chi connectivity index (χ0n) is 9.32. The van der Waals surface area contributed by atoms with E-state index in [0.717, 1.165) is 25.9 Å². The number of ether oxygens (including phenoxy) is 1. The van der Waals surface area contributed by atoms with Gasteiger partial charge in [0.2, 0.25) is 5.91 Å². The van der Waals surface area contributed by atoms with Crippen molar-refractivity contribution >= 4 is 27.8 Å². The summed E-state index contributed by atoms with van der Waals surface area (Å²) in [7, 11) is 1.37. The molecule has 1 fully saturated rings. The molecule has 92 valence electrons. The van der Waals surface area contributed by atoms with Gasteiger partial charge in [-0.15, -0.1) is 0 Å². The summed E-state index contributed by atoms with van der Waals surface area (Å²) in [5.41, 5.74) is 5.24. The zero-order chi connectivity index (χ0) is 12.1. The summed E-state index contributed by atoms with van der Waals surface area (Å²) in [6, 6.07) is 0. The molecule has 6 heteroatoms. The predicted octanol–water partition coefficient (Wildman–Crippen LogP) is 0.120. The standard InChI is InChI=1S/C10H17BrN2O3/c1-16-10(15)8(11)6-13-4-2-7(3-5-13)9(12)14/h7-8H,2-6H2,1H3,(H2,12,14). The van der Waals surface area contributed by atoms with E-state index in [-0.39, 0.29) is 22.6 Å². The van der Waals surface area contributed by atoms with Gasteiger partial charge in [0.15, 0.2) is 0 Å². The van der Waals surface area contributed by atoms with Gasteiger partial charge >= 0.3 is 5.97 Å². The van der Waals surface area contributed by atoms with E-state index >= 15 is 0 Å². The van der Waals surface area contributed by atoms with Gasteiger partial charge in [-0.2, -0.15) is 0 Å². The van der Waals surface area contributed by atoms with Crippen LogP contribution in [-0.2, 0) is 14.3 Å². The molecule has 1 saturated heterocycles. The van der Waals surface area contributed by atoms with Crippen LogP contribution in [0, 0.1) is 5.92 Å². The lowest BCUT2D eigenvalue weighted by Gasteiger charge is -2.31. The average molecular weight is 293 g/mol. The minimum atomic E-state index is -0.303. The fraction of sp³-hybridized carbons (Fsp3) is 0.800. The van der Waals surface area contributed by atoms with Crippen molar-refractivity contribution in [2.24, 2.45) is 11.7 Å². The minimum Gasteiger partial charge on any atom is -0.468 e. The number of piperidine rings is 1. The maximum atomic E-state index is 11.2. The van der Waals surface area contributed by atoms with E-state index in [4.69, 9.17) is 5.73 Å². The van der Waals surface area contributed by atoms with Crippen LogP contribution >= 0.6 is 15.9 Å². The third-order valence-corrected chi connectivity index (χ3v) is 3.53. The number of primary amides is 1. The number of nitrogens with two attached hydrogens (primary N) is 1. The number of carbonyl (C=O) groups excluding carboxylic acids is 2. The Morgan fingerprint density at radius 2 is 2.06 bits per heavy atom. The molecule has 2 N–H and O–H groups in total. The molecule has 1 heterocycles. The number of rotatable bonds is 4. The molecule has 1 unspecified atom stereocenters. The monoisotopic (exact) mass is 292 g/mol. The van der Waals surface area contributed by atoms with E-state index in [1.807, 2.05) is 0 Å². The Kier molecular flexibility index (Phi) is 5.21. The second-order valence-corrected chi connectivity index (χ2v) is 5.07. The Morgan fingerprint density at radius 1 is 1.50 bits per heavy atom. The van der Waals surface area contributed by atoms with Gasteiger partial charge in [0.05, 0.1) is 7.11 Å². The number of hydrogen-bond donors (Lipinski definition) is 1. The lowest BCUT2D eigenvalue weighted by atomic mass is 9.96. The quantitative estimate of drug-likeness (QED) is 0.590. The van der Waals surface area contributed by atoms with Crippen LogP contribution in [0.15, 0.2) is 0 Å². The molecular weight excluding hydrogens is 276 g/mol. The molecule has 0 bridgehead atoms. The number of hydrogen-bond acceptors (Lipinski definition) is 4. The molecule has 1 rings (SSSR count). The highest BCUT2D eigenvalue weighted by molar-refractivity contribution is 9.10. The summed E-state index contributed by atoms with van der Waals surface area (Å²) in [6.07, 6.45) is 1.55. The van der Waals surface area contributed by atoms with Crippen molar-refractivity contribution < 1.29 is 14.3 Å². The lowest BCUT2D eigenvalue weighted by molar-refractivity contribution is -0.140. The molecule has 0 aromatic rings. The van der Waals surface area contributed by atoms with E-state index in [2.05, 4.69) is 25.6 Å². The molecular formula is C10H17BrN2O3. The number of esters is 1. The highest BCUT2D eigenvalue weighted by atomic mass is 79.9. The average Bonchev–Trinajstić information content (AvgIpc) is 2.28. The third kappa shape index (κ3) is 3.75. The minimum absolute atomic E-state index is 0.0110. The van der Waals surface area contributed by atoms with Gasteiger partial charge in [0, 0.05) is 12.5 Å². The van der Waals surface area contributed by atoms with Crippen LogP contribution in [0.4, 0.5) is 0 Å². The SMILES string of the molecule is COC(=O)C(Br)CN1CCC(C(N)=O)CC1. The number of carbonyl (C=O) groups is 2. The van der Waals surface area contributed by atoms with Crippen molar-refractivity contribution in [2.75, 3.05) is 26.7 Å². The summed E-state index contributed by atoms with van der Waals surface area (Å²) in [4.78, 5) is 24.0. The Morgan fingerprint density at radius 3 is 2.50 bits per heavy atom. The van der Waals surface area contributed by atoms with Gasteiger partial charge in [0.25, 0.3) is 0 Å². The normalized spacial score (nSPS) is 20.4. The van der Waals surface area contributed by atoms with Gasteiger partial charge in [-0.1, -0.05) is 15.9 Å². The van der Waals surface area contributed by atoms with Gasteiger partial charge in [-0.3, -0.25) is 9.59 Å². The number of alkyl halides is 1. The summed E-state index contributed by atoms with van der Waals surface area (Å²) >= 11 is 3.28. The predicted molar refractivity (Wildman–Crippen MR) is 63.1 cm³/mol. The molecule has 0 spiro atoms. The van der Waals surface area contributed by atoms with Crippen LogP contribution in [0.3, 0.4) is 0 Å². The molecule has 0 aromatic heterocycles. The molecule has 0 aromatic carbocycles. The van der Waals surface area contributed by atoms with Gasteiger partial charge in [-0.25, -0.2) is 0 Å². The van der Waals surface area contributed by atoms with Crippen LogP contribution in [-0.4, -0.2) is 48.3 Å². The van der Waals surface area contributed by atoms with Crippen molar-refractivity contribution in [3.05, 3.63) is 0 Å². The summed E-state index contributed by atoms with van der Waals surface area (Å²) < 4.78 is 4.63. The number of nitrogens with zero attached hydrogens (tertiary/aromatic N) is 1. The highest BCUT2D eigenvalue weighted by Crippen LogP contribution is 2.18. The third-order valence-electron chi connectivity index (χ3n) is 2.87. The van der Waals surface area contributed by atoms with Crippen molar-refractivity contribution in [3.8, 4) is 0 Å². The van der Waals surface area contributed by atoms with E-state index < -0.39 is 0 Å². The van der Waals surface area contributed by atoms with Crippen LogP contribution in [0.2, 0.25) is 0 Å². The van der Waals surface area contributed by atoms with Gasteiger partial charge < -0.3 is 15.4 Å². The van der Waals surface area contributed by atoms with Crippen LogP contribution < -0.4 is 5.73 Å². The first-order valence-corrected chi connectivity index (χ1v) is 6.19. The Balaban J connectivity index is 2.32. The van der Waals surface area contributed by atoms with Gasteiger partial charge in [0.1, 0.15) is 4.83 Å². The zero-order valence-corrected chi connectivity index (χ0v) is 10.9. The van der Waals surface area contributed by atoms with Crippen LogP contribution in [0.5, 0.6) is 0 Å². The van der Waals surface area contributed by atoms with Crippen LogP contribution in [0.1, 0.15) is 12.8 Å². The molecule has 16 heavy (non-hydrogen) atoms. The molecule has 1 aliphatic heterocycles. The smallest absolute Gasteiger partial charge is 0.320 e.